The smallest absolute Gasteiger partial charge is 0.287 e. The number of likely N-dealkylation sites (N-methyl/N-ethyl adjacent to an activating group) is 1. The van der Waals surface area contributed by atoms with Gasteiger partial charge in [0.2, 0.25) is 5.11 Å². The molecule has 0 bridgehead atoms. The minimum Gasteiger partial charge on any atom is -0.319 e. The Kier molecular flexibility index (Phi) is 3.19. The Bertz CT molecular complexity index is 826. The molecule has 1 amide bonds. The third kappa shape index (κ3) is 2.00. The lowest BCUT2D eigenvalue weighted by Gasteiger charge is -2.22. The van der Waals surface area contributed by atoms with E-state index in [-0.39, 0.29) is 5.91 Å². The molecule has 4 rings (SSSR count). The number of hydrogen-bond acceptors (Lipinski definition) is 3. The number of carbonyl (C=O) groups excluding carboxylic acids is 1. The number of fused-ring (bicyclic) bond motifs is 2. The van der Waals surface area contributed by atoms with Crippen LogP contribution in [0.3, 0.4) is 0 Å². The third-order valence-electron chi connectivity index (χ3n) is 4.01. The van der Waals surface area contributed by atoms with Crippen molar-refractivity contribution in [2.75, 3.05) is 17.0 Å². The average Bonchev–Trinajstić information content (AvgIpc) is 3.01. The molecule has 1 unspecified atom stereocenters. The van der Waals surface area contributed by atoms with E-state index in [9.17, 15) is 4.79 Å². The van der Waals surface area contributed by atoms with Gasteiger partial charge in [0, 0.05) is 17.1 Å². The van der Waals surface area contributed by atoms with Gasteiger partial charge < -0.3 is 10.2 Å². The number of thiocarbonyl (C=S) groups is 1. The maximum absolute atomic E-state index is 12.8. The van der Waals surface area contributed by atoms with Crippen molar-refractivity contribution in [3.63, 3.8) is 0 Å². The largest absolute Gasteiger partial charge is 0.319 e. The molecule has 5 nitrogen and oxygen atoms in total. The zero-order valence-electron chi connectivity index (χ0n) is 12.1. The van der Waals surface area contributed by atoms with Crippen LogP contribution >= 0.6 is 28.1 Å². The molecule has 1 fully saturated rings. The van der Waals surface area contributed by atoms with Crippen molar-refractivity contribution in [3.8, 4) is 0 Å². The highest BCUT2D eigenvalue weighted by Crippen LogP contribution is 2.44. The number of hydroxylamine groups is 1. The second-order valence-electron chi connectivity index (χ2n) is 5.35. The van der Waals surface area contributed by atoms with Gasteiger partial charge in [-0.1, -0.05) is 34.1 Å². The maximum atomic E-state index is 12.8. The first kappa shape index (κ1) is 14.6. The first-order valence-electron chi connectivity index (χ1n) is 6.97. The standard InChI is InChI=1S/C16H12BrN3O2S/c1-19-13-5-3-2-4-12(13)16(14(19)21)18-15(23)20(22-16)11-8-6-10(17)7-9-11/h2-9H,1H3,(H,18,23). The minimum atomic E-state index is -1.30. The zero-order chi connectivity index (χ0) is 16.2. The van der Waals surface area contributed by atoms with Crippen LogP contribution in [0.2, 0.25) is 0 Å². The molecule has 1 N–H and O–H groups in total. The van der Waals surface area contributed by atoms with Gasteiger partial charge in [0.05, 0.1) is 11.4 Å². The summed E-state index contributed by atoms with van der Waals surface area (Å²) in [7, 11) is 1.73. The predicted molar refractivity (Wildman–Crippen MR) is 95.0 cm³/mol. The summed E-state index contributed by atoms with van der Waals surface area (Å²) >= 11 is 8.79. The fourth-order valence-electron chi connectivity index (χ4n) is 2.88. The van der Waals surface area contributed by atoms with Crippen LogP contribution < -0.4 is 15.3 Å². The van der Waals surface area contributed by atoms with Crippen LogP contribution in [0.15, 0.2) is 53.0 Å². The minimum absolute atomic E-state index is 0.194. The Morgan fingerprint density at radius 3 is 2.61 bits per heavy atom. The lowest BCUT2D eigenvalue weighted by molar-refractivity contribution is -0.141. The lowest BCUT2D eigenvalue weighted by Crippen LogP contribution is -2.47. The zero-order valence-corrected chi connectivity index (χ0v) is 14.5. The lowest BCUT2D eigenvalue weighted by atomic mass is 10.1. The van der Waals surface area contributed by atoms with Crippen LogP contribution in [-0.2, 0) is 15.4 Å². The Morgan fingerprint density at radius 1 is 1.17 bits per heavy atom. The molecule has 2 heterocycles. The number of carbonyl (C=O) groups is 1. The number of benzene rings is 2. The number of anilines is 2. The van der Waals surface area contributed by atoms with Crippen molar-refractivity contribution in [1.82, 2.24) is 5.32 Å². The van der Waals surface area contributed by atoms with Crippen LogP contribution in [0.4, 0.5) is 11.4 Å². The molecule has 0 aromatic heterocycles. The summed E-state index contributed by atoms with van der Waals surface area (Å²) < 4.78 is 0.955. The Hall–Kier alpha value is -1.96. The van der Waals surface area contributed by atoms with Crippen molar-refractivity contribution < 1.29 is 9.63 Å². The molecule has 0 saturated carbocycles. The molecule has 2 aromatic rings. The summed E-state index contributed by atoms with van der Waals surface area (Å²) in [4.78, 5) is 20.4. The summed E-state index contributed by atoms with van der Waals surface area (Å²) in [5.74, 6) is -0.194. The van der Waals surface area contributed by atoms with Gasteiger partial charge >= 0.3 is 0 Å². The molecule has 1 saturated heterocycles. The number of amides is 1. The molecule has 2 aliphatic heterocycles. The molecule has 23 heavy (non-hydrogen) atoms. The molecule has 0 aliphatic carbocycles. The molecule has 116 valence electrons. The van der Waals surface area contributed by atoms with Gasteiger partial charge in [0.15, 0.2) is 0 Å². The van der Waals surface area contributed by atoms with E-state index < -0.39 is 5.72 Å². The highest BCUT2D eigenvalue weighted by Gasteiger charge is 2.58. The fourth-order valence-corrected chi connectivity index (χ4v) is 3.43. The Labute approximate surface area is 146 Å². The van der Waals surface area contributed by atoms with Crippen molar-refractivity contribution in [2.45, 2.75) is 5.72 Å². The molecule has 1 spiro atoms. The first-order valence-corrected chi connectivity index (χ1v) is 8.18. The van der Waals surface area contributed by atoms with Gasteiger partial charge in [0.25, 0.3) is 11.6 Å². The number of nitrogens with zero attached hydrogens (tertiary/aromatic N) is 2. The molecule has 0 radical (unpaired) electrons. The van der Waals surface area contributed by atoms with Crippen LogP contribution in [0.5, 0.6) is 0 Å². The van der Waals surface area contributed by atoms with Crippen LogP contribution in [0.25, 0.3) is 0 Å². The molecule has 1 atom stereocenters. The quantitative estimate of drug-likeness (QED) is 0.759. The first-order chi connectivity index (χ1) is 11.0. The summed E-state index contributed by atoms with van der Waals surface area (Å²) in [6.45, 7) is 0. The van der Waals surface area contributed by atoms with Gasteiger partial charge in [-0.05, 0) is 42.5 Å². The molecular weight excluding hydrogens is 378 g/mol. The normalized spacial score (nSPS) is 22.7. The van der Waals surface area contributed by atoms with Gasteiger partial charge in [-0.2, -0.15) is 5.06 Å². The van der Waals surface area contributed by atoms with E-state index in [4.69, 9.17) is 17.1 Å². The summed E-state index contributed by atoms with van der Waals surface area (Å²) in [6, 6.07) is 15.0. The summed E-state index contributed by atoms with van der Waals surface area (Å²) in [6.07, 6.45) is 0. The molecular formula is C16H12BrN3O2S. The second kappa shape index (κ2) is 5.02. The van der Waals surface area contributed by atoms with Gasteiger partial charge in [-0.15, -0.1) is 0 Å². The SMILES string of the molecule is CN1C(=O)C2(NC(=S)N(c3ccc(Br)cc3)O2)c2ccccc21. The van der Waals surface area contributed by atoms with Gasteiger partial charge in [0.1, 0.15) is 0 Å². The highest BCUT2D eigenvalue weighted by molar-refractivity contribution is 9.10. The number of nitrogens with one attached hydrogen (secondary N) is 1. The number of rotatable bonds is 1. The van der Waals surface area contributed by atoms with Gasteiger partial charge in [-0.25, -0.2) is 4.84 Å². The van der Waals surface area contributed by atoms with E-state index in [0.717, 1.165) is 21.4 Å². The Balaban J connectivity index is 1.78. The van der Waals surface area contributed by atoms with Crippen molar-refractivity contribution in [2.24, 2.45) is 0 Å². The molecule has 2 aromatic carbocycles. The van der Waals surface area contributed by atoms with E-state index in [1.54, 1.807) is 11.9 Å². The van der Waals surface area contributed by atoms with Crippen LogP contribution in [-0.4, -0.2) is 18.1 Å². The van der Waals surface area contributed by atoms with Crippen LogP contribution in [0, 0.1) is 0 Å². The fraction of sp³-hybridized carbons (Fsp3) is 0.125. The molecule has 7 heteroatoms. The van der Waals surface area contributed by atoms with E-state index in [1.807, 2.05) is 48.5 Å². The topological polar surface area (TPSA) is 44.8 Å². The maximum Gasteiger partial charge on any atom is 0.287 e. The Morgan fingerprint density at radius 2 is 1.87 bits per heavy atom. The van der Waals surface area contributed by atoms with E-state index in [1.165, 1.54) is 5.06 Å². The van der Waals surface area contributed by atoms with E-state index in [0.29, 0.717) is 5.11 Å². The predicted octanol–water partition coefficient (Wildman–Crippen LogP) is 2.90. The monoisotopic (exact) mass is 389 g/mol. The van der Waals surface area contributed by atoms with Crippen molar-refractivity contribution >= 4 is 50.5 Å². The van der Waals surface area contributed by atoms with Crippen molar-refractivity contribution in [3.05, 3.63) is 58.6 Å². The molecule has 2 aliphatic rings. The third-order valence-corrected chi connectivity index (χ3v) is 4.80. The van der Waals surface area contributed by atoms with E-state index >= 15 is 0 Å². The van der Waals surface area contributed by atoms with Gasteiger partial charge in [-0.3, -0.25) is 4.79 Å². The van der Waals surface area contributed by atoms with Crippen molar-refractivity contribution in [1.29, 1.82) is 0 Å². The number of hydrogen-bond donors (Lipinski definition) is 1. The number of para-hydroxylation sites is 1. The highest BCUT2D eigenvalue weighted by atomic mass is 79.9. The number of halogens is 1. The summed E-state index contributed by atoms with van der Waals surface area (Å²) in [5.41, 5.74) is 1.03. The second-order valence-corrected chi connectivity index (χ2v) is 6.66. The summed E-state index contributed by atoms with van der Waals surface area (Å²) in [5, 5.41) is 4.90. The van der Waals surface area contributed by atoms with E-state index in [2.05, 4.69) is 21.2 Å². The average molecular weight is 390 g/mol. The van der Waals surface area contributed by atoms with Crippen LogP contribution in [0.1, 0.15) is 5.56 Å².